The van der Waals surface area contributed by atoms with Crippen molar-refractivity contribution in [2.45, 2.75) is 6.92 Å². The first kappa shape index (κ1) is 11.6. The number of rotatable bonds is 2. The molecule has 0 aliphatic carbocycles. The van der Waals surface area contributed by atoms with E-state index in [0.717, 1.165) is 26.4 Å². The molecule has 2 heterocycles. The van der Waals surface area contributed by atoms with E-state index in [1.165, 1.54) is 6.08 Å². The maximum absolute atomic E-state index is 10.3. The Morgan fingerprint density at radius 1 is 1.21 bits per heavy atom. The molecule has 0 amide bonds. The molecular formula is C13H8N4OS. The molecule has 3 rings (SSSR count). The summed E-state index contributed by atoms with van der Waals surface area (Å²) in [4.78, 5) is 17.8. The van der Waals surface area contributed by atoms with Crippen LogP contribution in [0.5, 0.6) is 0 Å². The van der Waals surface area contributed by atoms with E-state index in [1.807, 2.05) is 25.1 Å². The molecule has 0 aliphatic rings. The van der Waals surface area contributed by atoms with Crippen LogP contribution >= 0.6 is 11.3 Å². The van der Waals surface area contributed by atoms with E-state index < -0.39 is 0 Å². The van der Waals surface area contributed by atoms with Gasteiger partial charge < -0.3 is 0 Å². The van der Waals surface area contributed by atoms with Crippen LogP contribution in [0.3, 0.4) is 0 Å². The van der Waals surface area contributed by atoms with Gasteiger partial charge in [-0.15, -0.1) is 15.2 Å². The average molecular weight is 268 g/mol. The lowest BCUT2D eigenvalue weighted by Crippen LogP contribution is -1.81. The summed E-state index contributed by atoms with van der Waals surface area (Å²) in [6.07, 6.45) is 3.17. The molecule has 0 fully saturated rings. The molecule has 0 bridgehead atoms. The van der Waals surface area contributed by atoms with E-state index in [-0.39, 0.29) is 0 Å². The zero-order chi connectivity index (χ0) is 13.2. The summed E-state index contributed by atoms with van der Waals surface area (Å²) in [6, 6.07) is 7.67. The Labute approximate surface area is 112 Å². The number of aliphatic imine (C=N–C) groups is 1. The van der Waals surface area contributed by atoms with Crippen molar-refractivity contribution in [3.8, 4) is 10.6 Å². The Kier molecular flexibility index (Phi) is 2.87. The predicted octanol–water partition coefficient (Wildman–Crippen LogP) is 3.03. The Morgan fingerprint density at radius 2 is 2.11 bits per heavy atom. The molecule has 92 valence electrons. The summed E-state index contributed by atoms with van der Waals surface area (Å²) >= 11 is 1.54. The topological polar surface area (TPSA) is 68.1 Å². The van der Waals surface area contributed by atoms with E-state index in [0.29, 0.717) is 5.82 Å². The first-order valence-electron chi connectivity index (χ1n) is 5.54. The summed E-state index contributed by atoms with van der Waals surface area (Å²) < 4.78 is 0. The van der Waals surface area contributed by atoms with E-state index in [4.69, 9.17) is 0 Å². The van der Waals surface area contributed by atoms with Gasteiger partial charge in [-0.05, 0) is 24.4 Å². The zero-order valence-corrected chi connectivity index (χ0v) is 10.8. The highest BCUT2D eigenvalue weighted by Crippen LogP contribution is 2.27. The summed E-state index contributed by atoms with van der Waals surface area (Å²) in [5.74, 6) is 0.355. The van der Waals surface area contributed by atoms with Crippen LogP contribution in [0, 0.1) is 6.92 Å². The molecule has 0 saturated carbocycles. The van der Waals surface area contributed by atoms with Crippen molar-refractivity contribution in [2.24, 2.45) is 4.99 Å². The summed E-state index contributed by atoms with van der Waals surface area (Å²) in [7, 11) is 0. The molecule has 19 heavy (non-hydrogen) atoms. The van der Waals surface area contributed by atoms with E-state index in [1.54, 1.807) is 23.6 Å². The minimum absolute atomic E-state index is 0.355. The molecule has 0 unspecified atom stereocenters. The van der Waals surface area contributed by atoms with E-state index in [9.17, 15) is 4.79 Å². The molecular weight excluding hydrogens is 260 g/mol. The highest BCUT2D eigenvalue weighted by molar-refractivity contribution is 7.14. The van der Waals surface area contributed by atoms with E-state index >= 15 is 0 Å². The number of isocyanates is 1. The number of hydrogen-bond donors (Lipinski definition) is 0. The van der Waals surface area contributed by atoms with Crippen molar-refractivity contribution in [1.29, 1.82) is 0 Å². The molecule has 6 heteroatoms. The van der Waals surface area contributed by atoms with Gasteiger partial charge in [0, 0.05) is 17.1 Å². The average Bonchev–Trinajstić information content (AvgIpc) is 2.85. The highest BCUT2D eigenvalue weighted by Gasteiger charge is 2.05. The van der Waals surface area contributed by atoms with Crippen LogP contribution in [0.1, 0.15) is 5.01 Å². The van der Waals surface area contributed by atoms with Gasteiger partial charge in [0.25, 0.3) is 0 Å². The number of fused-ring (bicyclic) bond motifs is 1. The molecule has 5 nitrogen and oxygen atoms in total. The fraction of sp³-hybridized carbons (Fsp3) is 0.0769. The summed E-state index contributed by atoms with van der Waals surface area (Å²) in [5.41, 5.74) is 0.991. The number of benzene rings is 1. The molecule has 0 radical (unpaired) electrons. The van der Waals surface area contributed by atoms with Gasteiger partial charge in [-0.3, -0.25) is 0 Å². The van der Waals surface area contributed by atoms with E-state index in [2.05, 4.69) is 20.2 Å². The fourth-order valence-electron chi connectivity index (χ4n) is 1.78. The number of aromatic nitrogens is 3. The monoisotopic (exact) mass is 268 g/mol. The number of pyridine rings is 1. The molecule has 0 spiro atoms. The van der Waals surface area contributed by atoms with Crippen molar-refractivity contribution >= 4 is 34.0 Å². The lowest BCUT2D eigenvalue weighted by atomic mass is 10.1. The SMILES string of the molecule is Cc1nnc(-c2ccc3cnc(N=C=O)cc3c2)s1. The van der Waals surface area contributed by atoms with Crippen molar-refractivity contribution in [3.05, 3.63) is 35.5 Å². The van der Waals surface area contributed by atoms with Crippen LogP contribution in [0.25, 0.3) is 21.3 Å². The van der Waals surface area contributed by atoms with Crippen molar-refractivity contribution in [2.75, 3.05) is 0 Å². The van der Waals surface area contributed by atoms with Crippen LogP contribution in [-0.4, -0.2) is 21.3 Å². The largest absolute Gasteiger partial charge is 0.242 e. The van der Waals surface area contributed by atoms with Gasteiger partial charge in [-0.1, -0.05) is 23.5 Å². The van der Waals surface area contributed by atoms with Gasteiger partial charge >= 0.3 is 0 Å². The third-order valence-electron chi connectivity index (χ3n) is 2.64. The molecule has 0 N–H and O–H groups in total. The zero-order valence-electron chi connectivity index (χ0n) is 9.99. The summed E-state index contributed by atoms with van der Waals surface area (Å²) in [6.45, 7) is 1.92. The normalized spacial score (nSPS) is 10.4. The molecule has 2 aromatic heterocycles. The van der Waals surface area contributed by atoms with Crippen molar-refractivity contribution < 1.29 is 4.79 Å². The Balaban J connectivity index is 2.15. The first-order chi connectivity index (χ1) is 9.26. The van der Waals surface area contributed by atoms with Crippen LogP contribution in [0.15, 0.2) is 35.5 Å². The van der Waals surface area contributed by atoms with Crippen LogP contribution < -0.4 is 0 Å². The molecule has 3 aromatic rings. The molecule has 1 aromatic carbocycles. The van der Waals surface area contributed by atoms with Crippen LogP contribution in [-0.2, 0) is 4.79 Å². The highest BCUT2D eigenvalue weighted by atomic mass is 32.1. The van der Waals surface area contributed by atoms with Gasteiger partial charge in [0.05, 0.1) is 0 Å². The standard InChI is InChI=1S/C13H8N4OS/c1-8-16-17-13(19-8)9-2-3-10-6-14-12(15-7-18)5-11(10)4-9/h2-6H,1H3. The number of aryl methyl sites for hydroxylation is 1. The molecule has 0 aliphatic heterocycles. The minimum Gasteiger partial charge on any atom is -0.236 e. The Hall–Kier alpha value is -2.43. The lowest BCUT2D eigenvalue weighted by Gasteiger charge is -2.00. The Morgan fingerprint density at radius 3 is 2.84 bits per heavy atom. The maximum atomic E-state index is 10.3. The second-order valence-corrected chi connectivity index (χ2v) is 5.12. The number of nitrogens with zero attached hydrogens (tertiary/aromatic N) is 4. The number of carbonyl (C=O) groups excluding carboxylic acids is 1. The third-order valence-corrected chi connectivity index (χ3v) is 3.53. The van der Waals surface area contributed by atoms with Gasteiger partial charge in [-0.2, -0.15) is 0 Å². The lowest BCUT2D eigenvalue weighted by molar-refractivity contribution is 0.565. The summed E-state index contributed by atoms with van der Waals surface area (Å²) in [5, 5.41) is 11.9. The quantitative estimate of drug-likeness (QED) is 0.529. The fourth-order valence-corrected chi connectivity index (χ4v) is 2.47. The van der Waals surface area contributed by atoms with Gasteiger partial charge in [-0.25, -0.2) is 9.78 Å². The second kappa shape index (κ2) is 4.68. The Bertz CT molecular complexity index is 805. The van der Waals surface area contributed by atoms with Gasteiger partial charge in [0.2, 0.25) is 6.08 Å². The van der Waals surface area contributed by atoms with Crippen molar-refractivity contribution in [3.63, 3.8) is 0 Å². The number of hydrogen-bond acceptors (Lipinski definition) is 6. The maximum Gasteiger partial charge on any atom is 0.242 e. The molecule has 0 saturated heterocycles. The molecule has 0 atom stereocenters. The predicted molar refractivity (Wildman–Crippen MR) is 73.2 cm³/mol. The van der Waals surface area contributed by atoms with Gasteiger partial charge in [0.15, 0.2) is 5.82 Å². The minimum atomic E-state index is 0.355. The smallest absolute Gasteiger partial charge is 0.236 e. The van der Waals surface area contributed by atoms with Crippen LogP contribution in [0.2, 0.25) is 0 Å². The van der Waals surface area contributed by atoms with Crippen LogP contribution in [0.4, 0.5) is 5.82 Å². The third kappa shape index (κ3) is 2.27. The second-order valence-electron chi connectivity index (χ2n) is 3.93. The first-order valence-corrected chi connectivity index (χ1v) is 6.36. The van der Waals surface area contributed by atoms with Gasteiger partial charge in [0.1, 0.15) is 10.0 Å². The van der Waals surface area contributed by atoms with Crippen molar-refractivity contribution in [1.82, 2.24) is 15.2 Å².